The summed E-state index contributed by atoms with van der Waals surface area (Å²) in [5, 5.41) is 0. The standard InChI is InChI=1S/C15H22N2O.ClH/c1-11-5-6-13(8-12(11)2)9-17-7-3-4-14(10-17)15(16)18;/h5-6,8,14H,3-4,7,9-10H2,1-2H3,(H2,16,18);1H. The zero-order valence-corrected chi connectivity index (χ0v) is 12.5. The fourth-order valence-corrected chi connectivity index (χ4v) is 2.59. The molecular weight excluding hydrogens is 260 g/mol. The summed E-state index contributed by atoms with van der Waals surface area (Å²) in [5.74, 6) is -0.120. The van der Waals surface area contributed by atoms with Crippen LogP contribution in [0.25, 0.3) is 0 Å². The highest BCUT2D eigenvalue weighted by atomic mass is 35.5. The van der Waals surface area contributed by atoms with E-state index in [1.54, 1.807) is 0 Å². The van der Waals surface area contributed by atoms with Crippen molar-refractivity contribution in [1.82, 2.24) is 4.90 Å². The van der Waals surface area contributed by atoms with E-state index < -0.39 is 0 Å². The van der Waals surface area contributed by atoms with Crippen molar-refractivity contribution in [2.24, 2.45) is 11.7 Å². The molecule has 1 aromatic rings. The lowest BCUT2D eigenvalue weighted by Crippen LogP contribution is -2.40. The molecule has 0 bridgehead atoms. The Morgan fingerprint density at radius 3 is 2.74 bits per heavy atom. The largest absolute Gasteiger partial charge is 0.369 e. The number of primary amides is 1. The van der Waals surface area contributed by atoms with Crippen LogP contribution in [0.5, 0.6) is 0 Å². The van der Waals surface area contributed by atoms with Crippen LogP contribution >= 0.6 is 12.4 Å². The molecule has 3 nitrogen and oxygen atoms in total. The lowest BCUT2D eigenvalue weighted by Gasteiger charge is -2.31. The van der Waals surface area contributed by atoms with Gasteiger partial charge in [-0.3, -0.25) is 9.69 Å². The minimum atomic E-state index is -0.153. The third-order valence-corrected chi connectivity index (χ3v) is 3.89. The van der Waals surface area contributed by atoms with Gasteiger partial charge >= 0.3 is 0 Å². The first-order valence-electron chi connectivity index (χ1n) is 6.64. The average Bonchev–Trinajstić information content (AvgIpc) is 2.34. The molecule has 0 spiro atoms. The van der Waals surface area contributed by atoms with Crippen molar-refractivity contribution < 1.29 is 4.79 Å². The highest BCUT2D eigenvalue weighted by Gasteiger charge is 2.23. The molecule has 4 heteroatoms. The number of carbonyl (C=O) groups excluding carboxylic acids is 1. The van der Waals surface area contributed by atoms with E-state index >= 15 is 0 Å². The topological polar surface area (TPSA) is 46.3 Å². The minimum absolute atomic E-state index is 0. The maximum absolute atomic E-state index is 11.2. The van der Waals surface area contributed by atoms with E-state index in [2.05, 4.69) is 36.9 Å². The van der Waals surface area contributed by atoms with Crippen molar-refractivity contribution in [3.63, 3.8) is 0 Å². The Balaban J connectivity index is 0.00000180. The fraction of sp³-hybridized carbons (Fsp3) is 0.533. The summed E-state index contributed by atoms with van der Waals surface area (Å²) in [5.41, 5.74) is 9.38. The first-order chi connectivity index (χ1) is 8.56. The highest BCUT2D eigenvalue weighted by molar-refractivity contribution is 5.85. The van der Waals surface area contributed by atoms with Crippen molar-refractivity contribution >= 4 is 18.3 Å². The number of likely N-dealkylation sites (tertiary alicyclic amines) is 1. The predicted molar refractivity (Wildman–Crippen MR) is 80.4 cm³/mol. The maximum atomic E-state index is 11.2. The van der Waals surface area contributed by atoms with Crippen molar-refractivity contribution in [2.45, 2.75) is 33.2 Å². The quantitative estimate of drug-likeness (QED) is 0.925. The van der Waals surface area contributed by atoms with Crippen molar-refractivity contribution in [2.75, 3.05) is 13.1 Å². The van der Waals surface area contributed by atoms with Crippen LogP contribution in [0.15, 0.2) is 18.2 Å². The summed E-state index contributed by atoms with van der Waals surface area (Å²) in [6.45, 7) is 7.06. The highest BCUT2D eigenvalue weighted by Crippen LogP contribution is 2.19. The molecule has 0 saturated carbocycles. The van der Waals surface area contributed by atoms with Gasteiger partial charge in [-0.2, -0.15) is 0 Å². The smallest absolute Gasteiger partial charge is 0.221 e. The van der Waals surface area contributed by atoms with Crippen molar-refractivity contribution in [1.29, 1.82) is 0 Å². The molecule has 1 amide bonds. The Morgan fingerprint density at radius 1 is 1.37 bits per heavy atom. The molecule has 1 heterocycles. The van der Waals surface area contributed by atoms with E-state index in [0.717, 1.165) is 32.5 Å². The number of piperidine rings is 1. The number of halogens is 1. The van der Waals surface area contributed by atoms with Gasteiger partial charge in [0.15, 0.2) is 0 Å². The molecule has 1 saturated heterocycles. The molecule has 1 unspecified atom stereocenters. The SMILES string of the molecule is Cc1ccc(CN2CCCC(C(N)=O)C2)cc1C.Cl. The van der Waals surface area contributed by atoms with Gasteiger partial charge in [-0.05, 0) is 49.9 Å². The molecule has 19 heavy (non-hydrogen) atoms. The van der Waals surface area contributed by atoms with Crippen LogP contribution in [-0.2, 0) is 11.3 Å². The number of aryl methyl sites for hydroxylation is 2. The number of nitrogens with zero attached hydrogens (tertiary/aromatic N) is 1. The minimum Gasteiger partial charge on any atom is -0.369 e. The molecular formula is C15H23ClN2O. The number of rotatable bonds is 3. The van der Waals surface area contributed by atoms with Crippen molar-refractivity contribution in [3.8, 4) is 0 Å². The van der Waals surface area contributed by atoms with Crippen LogP contribution in [0.1, 0.15) is 29.5 Å². The van der Waals surface area contributed by atoms with Gasteiger partial charge in [0.2, 0.25) is 5.91 Å². The van der Waals surface area contributed by atoms with Crippen LogP contribution in [0, 0.1) is 19.8 Å². The van der Waals surface area contributed by atoms with Gasteiger partial charge in [-0.25, -0.2) is 0 Å². The molecule has 2 rings (SSSR count). The molecule has 1 aromatic carbocycles. The third-order valence-electron chi connectivity index (χ3n) is 3.89. The summed E-state index contributed by atoms with van der Waals surface area (Å²) >= 11 is 0. The Labute approximate surface area is 121 Å². The van der Waals surface area contributed by atoms with Gasteiger partial charge < -0.3 is 5.73 Å². The second-order valence-corrected chi connectivity index (χ2v) is 5.40. The van der Waals surface area contributed by atoms with Gasteiger partial charge in [0.25, 0.3) is 0 Å². The number of hydrogen-bond donors (Lipinski definition) is 1. The molecule has 1 aliphatic heterocycles. The number of amides is 1. The Kier molecular flexibility index (Phi) is 5.83. The third kappa shape index (κ3) is 4.22. The molecule has 1 fully saturated rings. The molecule has 106 valence electrons. The lowest BCUT2D eigenvalue weighted by molar-refractivity contribution is -0.123. The first-order valence-corrected chi connectivity index (χ1v) is 6.64. The van der Waals surface area contributed by atoms with Crippen LogP contribution < -0.4 is 5.73 Å². The van der Waals surface area contributed by atoms with Gasteiger partial charge in [0.05, 0.1) is 5.92 Å². The Bertz CT molecular complexity index is 448. The monoisotopic (exact) mass is 282 g/mol. The molecule has 1 aliphatic rings. The predicted octanol–water partition coefficient (Wildman–Crippen LogP) is 2.42. The van der Waals surface area contributed by atoms with E-state index in [1.165, 1.54) is 16.7 Å². The summed E-state index contributed by atoms with van der Waals surface area (Å²) in [6.07, 6.45) is 2.01. The van der Waals surface area contributed by atoms with Gasteiger partial charge in [-0.1, -0.05) is 18.2 Å². The number of carbonyl (C=O) groups is 1. The molecule has 0 aliphatic carbocycles. The van der Waals surface area contributed by atoms with E-state index in [-0.39, 0.29) is 24.2 Å². The Hall–Kier alpha value is -1.06. The second kappa shape index (κ2) is 6.92. The van der Waals surface area contributed by atoms with E-state index in [9.17, 15) is 4.79 Å². The zero-order valence-electron chi connectivity index (χ0n) is 11.7. The summed E-state index contributed by atoms with van der Waals surface area (Å²) in [6, 6.07) is 6.58. The van der Waals surface area contributed by atoms with E-state index in [1.807, 2.05) is 0 Å². The molecule has 2 N–H and O–H groups in total. The van der Waals surface area contributed by atoms with E-state index in [0.29, 0.717) is 0 Å². The van der Waals surface area contributed by atoms with Crippen LogP contribution in [0.2, 0.25) is 0 Å². The molecule has 0 radical (unpaired) electrons. The fourth-order valence-electron chi connectivity index (χ4n) is 2.59. The molecule has 1 atom stereocenters. The Morgan fingerprint density at radius 2 is 2.11 bits per heavy atom. The van der Waals surface area contributed by atoms with Crippen LogP contribution in [0.3, 0.4) is 0 Å². The zero-order chi connectivity index (χ0) is 13.1. The van der Waals surface area contributed by atoms with Gasteiger partial charge in [0, 0.05) is 13.1 Å². The average molecular weight is 283 g/mol. The number of hydrogen-bond acceptors (Lipinski definition) is 2. The number of benzene rings is 1. The summed E-state index contributed by atoms with van der Waals surface area (Å²) < 4.78 is 0. The first kappa shape index (κ1) is 16.0. The summed E-state index contributed by atoms with van der Waals surface area (Å²) in [7, 11) is 0. The normalized spacial score (nSPS) is 19.8. The van der Waals surface area contributed by atoms with Gasteiger partial charge in [-0.15, -0.1) is 12.4 Å². The van der Waals surface area contributed by atoms with Crippen LogP contribution in [0.4, 0.5) is 0 Å². The van der Waals surface area contributed by atoms with Gasteiger partial charge in [0.1, 0.15) is 0 Å². The van der Waals surface area contributed by atoms with Crippen molar-refractivity contribution in [3.05, 3.63) is 34.9 Å². The second-order valence-electron chi connectivity index (χ2n) is 5.40. The number of nitrogens with two attached hydrogens (primary N) is 1. The molecule has 0 aromatic heterocycles. The lowest BCUT2D eigenvalue weighted by atomic mass is 9.97. The summed E-state index contributed by atoms with van der Waals surface area (Å²) in [4.78, 5) is 13.6. The van der Waals surface area contributed by atoms with E-state index in [4.69, 9.17) is 5.73 Å². The van der Waals surface area contributed by atoms with Crippen LogP contribution in [-0.4, -0.2) is 23.9 Å². The maximum Gasteiger partial charge on any atom is 0.221 e.